The summed E-state index contributed by atoms with van der Waals surface area (Å²) in [5.41, 5.74) is 1.84. The van der Waals surface area contributed by atoms with Crippen molar-refractivity contribution in [1.82, 2.24) is 15.0 Å². The van der Waals surface area contributed by atoms with Crippen LogP contribution >= 0.6 is 0 Å². The largest absolute Gasteiger partial charge is 0.489 e. The molecule has 2 atom stereocenters. The summed E-state index contributed by atoms with van der Waals surface area (Å²) in [7, 11) is -3.50. The Bertz CT molecular complexity index is 922. The van der Waals surface area contributed by atoms with Crippen LogP contribution in [-0.2, 0) is 16.4 Å². The predicted molar refractivity (Wildman–Crippen MR) is 121 cm³/mol. The smallest absolute Gasteiger partial charge is 0.240 e. The van der Waals surface area contributed by atoms with Gasteiger partial charge in [0.05, 0.1) is 17.5 Å². The molecule has 0 fully saturated rings. The number of aryl methyl sites for hydroxylation is 1. The number of nitrogens with one attached hydrogen (secondary N) is 2. The van der Waals surface area contributed by atoms with Crippen LogP contribution < -0.4 is 14.8 Å². The third-order valence-electron chi connectivity index (χ3n) is 5.56. The maximum absolute atomic E-state index is 12.6. The Morgan fingerprint density at radius 2 is 2.13 bits per heavy atom. The zero-order valence-electron chi connectivity index (χ0n) is 18.1. The highest BCUT2D eigenvalue weighted by Gasteiger charge is 2.23. The van der Waals surface area contributed by atoms with Crippen molar-refractivity contribution in [2.45, 2.75) is 62.5 Å². The lowest BCUT2D eigenvalue weighted by Crippen LogP contribution is -2.37. The van der Waals surface area contributed by atoms with Crippen LogP contribution in [-0.4, -0.2) is 44.3 Å². The molecule has 0 bridgehead atoms. The van der Waals surface area contributed by atoms with Gasteiger partial charge in [-0.15, -0.1) is 0 Å². The van der Waals surface area contributed by atoms with Gasteiger partial charge in [0.15, 0.2) is 0 Å². The second kappa shape index (κ2) is 11.6. The van der Waals surface area contributed by atoms with E-state index in [1.165, 1.54) is 0 Å². The minimum absolute atomic E-state index is 0.0261. The van der Waals surface area contributed by atoms with E-state index in [-0.39, 0.29) is 18.8 Å². The van der Waals surface area contributed by atoms with Gasteiger partial charge >= 0.3 is 0 Å². The first-order valence-corrected chi connectivity index (χ1v) is 12.5. The number of pyridine rings is 1. The highest BCUT2D eigenvalue weighted by atomic mass is 32.2. The van der Waals surface area contributed by atoms with Gasteiger partial charge in [-0.3, -0.25) is 4.98 Å². The van der Waals surface area contributed by atoms with Crippen LogP contribution in [0.1, 0.15) is 56.2 Å². The van der Waals surface area contributed by atoms with E-state index in [0.717, 1.165) is 55.4 Å². The number of rotatable bonds is 12. The Morgan fingerprint density at radius 3 is 2.87 bits per heavy atom. The zero-order chi connectivity index (χ0) is 22.1. The van der Waals surface area contributed by atoms with Crippen molar-refractivity contribution in [3.05, 3.63) is 53.9 Å². The van der Waals surface area contributed by atoms with Crippen molar-refractivity contribution in [3.8, 4) is 5.75 Å². The number of hydrogen-bond donors (Lipinski definition) is 3. The van der Waals surface area contributed by atoms with Gasteiger partial charge in [-0.1, -0.05) is 32.3 Å². The molecule has 8 heteroatoms. The number of aliphatic hydroxyl groups excluding tert-OH is 1. The summed E-state index contributed by atoms with van der Waals surface area (Å²) in [5.74, 6) is 0.724. The van der Waals surface area contributed by atoms with Crippen LogP contribution in [0, 0.1) is 0 Å². The van der Waals surface area contributed by atoms with Crippen molar-refractivity contribution >= 4 is 10.0 Å². The lowest BCUT2D eigenvalue weighted by atomic mass is 10.0. The molecular formula is C23H33N3O4S. The number of sulfonamides is 1. The first-order valence-electron chi connectivity index (χ1n) is 11.1. The highest BCUT2D eigenvalue weighted by Crippen LogP contribution is 2.30. The average Bonchev–Trinajstić information content (AvgIpc) is 2.79. The summed E-state index contributed by atoms with van der Waals surface area (Å²) in [6, 6.07) is 8.65. The van der Waals surface area contributed by atoms with E-state index in [0.29, 0.717) is 18.0 Å². The zero-order valence-corrected chi connectivity index (χ0v) is 18.9. The molecule has 0 saturated carbocycles. The lowest BCUT2D eigenvalue weighted by molar-refractivity contribution is 0.156. The summed E-state index contributed by atoms with van der Waals surface area (Å²) in [6.45, 7) is 3.15. The molecule has 2 heterocycles. The molecule has 3 N–H and O–H groups in total. The number of aliphatic hydroxyl groups is 1. The SMILES string of the molecule is CCCCCCNS(=O)(=O)c1ccc2c(c1)CC[C@H](CNC(CO)c1cccnc1)O2. The molecule has 0 radical (unpaired) electrons. The fourth-order valence-electron chi connectivity index (χ4n) is 3.72. The van der Waals surface area contributed by atoms with Gasteiger partial charge in [0.25, 0.3) is 0 Å². The van der Waals surface area contributed by atoms with Crippen LogP contribution in [0.2, 0.25) is 0 Å². The molecule has 1 aliphatic heterocycles. The summed E-state index contributed by atoms with van der Waals surface area (Å²) < 4.78 is 33.9. The summed E-state index contributed by atoms with van der Waals surface area (Å²) in [6.07, 6.45) is 9.05. The van der Waals surface area contributed by atoms with Crippen molar-refractivity contribution in [1.29, 1.82) is 0 Å². The monoisotopic (exact) mass is 447 g/mol. The molecule has 1 aromatic carbocycles. The number of nitrogens with zero attached hydrogens (tertiary/aromatic N) is 1. The highest BCUT2D eigenvalue weighted by molar-refractivity contribution is 7.89. The molecule has 0 aliphatic carbocycles. The molecule has 3 rings (SSSR count). The summed E-state index contributed by atoms with van der Waals surface area (Å²) in [4.78, 5) is 4.39. The van der Waals surface area contributed by atoms with E-state index in [1.807, 2.05) is 12.1 Å². The van der Waals surface area contributed by atoms with E-state index in [1.54, 1.807) is 30.6 Å². The molecule has 0 amide bonds. The molecular weight excluding hydrogens is 414 g/mol. The summed E-state index contributed by atoms with van der Waals surface area (Å²) in [5, 5.41) is 13.0. The normalized spacial score (nSPS) is 17.0. The molecule has 0 spiro atoms. The number of benzene rings is 1. The van der Waals surface area contributed by atoms with Crippen LogP contribution in [0.3, 0.4) is 0 Å². The van der Waals surface area contributed by atoms with Crippen LogP contribution in [0.5, 0.6) is 5.75 Å². The first-order chi connectivity index (χ1) is 15.0. The third kappa shape index (κ3) is 6.74. The van der Waals surface area contributed by atoms with Gasteiger partial charge < -0.3 is 15.2 Å². The number of hydrogen-bond acceptors (Lipinski definition) is 6. The number of ether oxygens (including phenoxy) is 1. The average molecular weight is 448 g/mol. The summed E-state index contributed by atoms with van der Waals surface area (Å²) >= 11 is 0. The number of aromatic nitrogens is 1. The van der Waals surface area contributed by atoms with Crippen molar-refractivity contribution in [2.24, 2.45) is 0 Å². The Morgan fingerprint density at radius 1 is 1.26 bits per heavy atom. The molecule has 170 valence electrons. The van der Waals surface area contributed by atoms with Gasteiger partial charge in [0, 0.05) is 25.5 Å². The molecule has 0 saturated heterocycles. The first kappa shape index (κ1) is 23.7. The van der Waals surface area contributed by atoms with Crippen LogP contribution in [0.25, 0.3) is 0 Å². The maximum Gasteiger partial charge on any atom is 0.240 e. The maximum atomic E-state index is 12.6. The van der Waals surface area contributed by atoms with E-state index < -0.39 is 10.0 Å². The fourth-order valence-corrected chi connectivity index (χ4v) is 4.84. The van der Waals surface area contributed by atoms with Gasteiger partial charge in [0.1, 0.15) is 11.9 Å². The van der Waals surface area contributed by atoms with Gasteiger partial charge in [-0.25, -0.2) is 13.1 Å². The van der Waals surface area contributed by atoms with Gasteiger partial charge in [-0.2, -0.15) is 0 Å². The molecule has 1 aliphatic rings. The van der Waals surface area contributed by atoms with Gasteiger partial charge in [0.2, 0.25) is 10.0 Å². The van der Waals surface area contributed by atoms with E-state index in [9.17, 15) is 13.5 Å². The van der Waals surface area contributed by atoms with Crippen LogP contribution in [0.4, 0.5) is 0 Å². The molecule has 31 heavy (non-hydrogen) atoms. The second-order valence-corrected chi connectivity index (χ2v) is 9.70. The van der Waals surface area contributed by atoms with E-state index >= 15 is 0 Å². The van der Waals surface area contributed by atoms with Crippen LogP contribution in [0.15, 0.2) is 47.6 Å². The minimum atomic E-state index is -3.50. The third-order valence-corrected chi connectivity index (χ3v) is 7.01. The Kier molecular flexibility index (Phi) is 8.83. The molecule has 7 nitrogen and oxygen atoms in total. The fraction of sp³-hybridized carbons (Fsp3) is 0.522. The predicted octanol–water partition coefficient (Wildman–Crippen LogP) is 2.96. The molecule has 2 aromatic rings. The Hall–Kier alpha value is -2.00. The van der Waals surface area contributed by atoms with E-state index in [2.05, 4.69) is 21.9 Å². The van der Waals surface area contributed by atoms with Gasteiger partial charge in [-0.05, 0) is 54.7 Å². The topological polar surface area (TPSA) is 101 Å². The minimum Gasteiger partial charge on any atom is -0.489 e. The second-order valence-electron chi connectivity index (χ2n) is 7.94. The standard InChI is InChI=1S/C23H33N3O4S/c1-2-3-4-5-13-26-31(28,29)21-10-11-23-18(14-21)8-9-20(30-23)16-25-22(17-27)19-7-6-12-24-15-19/h6-7,10-12,14-15,20,22,25-27H,2-5,8-9,13,16-17H2,1H3/t20-,22?/m1/s1. The molecule has 1 unspecified atom stereocenters. The lowest BCUT2D eigenvalue weighted by Gasteiger charge is -2.28. The van der Waals surface area contributed by atoms with E-state index in [4.69, 9.17) is 4.74 Å². The van der Waals surface area contributed by atoms with Crippen molar-refractivity contribution in [3.63, 3.8) is 0 Å². The van der Waals surface area contributed by atoms with Crippen molar-refractivity contribution < 1.29 is 18.3 Å². The number of fused-ring (bicyclic) bond motifs is 1. The van der Waals surface area contributed by atoms with Crippen molar-refractivity contribution in [2.75, 3.05) is 19.7 Å². The molecule has 1 aromatic heterocycles. The Balaban J connectivity index is 1.55. The quantitative estimate of drug-likeness (QED) is 0.433. The number of unbranched alkanes of at least 4 members (excludes halogenated alkanes) is 3. The Labute approximate surface area is 185 Å².